The third-order valence-electron chi connectivity index (χ3n) is 5.72. The van der Waals surface area contributed by atoms with E-state index in [1.54, 1.807) is 0 Å². The van der Waals surface area contributed by atoms with Crippen molar-refractivity contribution in [1.29, 1.82) is 0 Å². The van der Waals surface area contributed by atoms with Gasteiger partial charge in [-0.15, -0.1) is 10.2 Å². The summed E-state index contributed by atoms with van der Waals surface area (Å²) in [4.78, 5) is 2.40. The number of aromatic nitrogens is 2. The highest BCUT2D eigenvalue weighted by Gasteiger charge is 2.26. The SMILES string of the molecule is Cc1ccc(-c2nnc(C(C)N3Cc4ccccc4-c4ccccc4C3)o2)cc1. The Balaban J connectivity index is 1.48. The maximum Gasteiger partial charge on any atom is 0.247 e. The Morgan fingerprint density at radius 3 is 2.00 bits per heavy atom. The van der Waals surface area contributed by atoms with E-state index in [9.17, 15) is 0 Å². The van der Waals surface area contributed by atoms with E-state index in [0.29, 0.717) is 11.8 Å². The van der Waals surface area contributed by atoms with E-state index in [-0.39, 0.29) is 6.04 Å². The fourth-order valence-electron chi connectivity index (χ4n) is 3.98. The zero-order chi connectivity index (χ0) is 19.8. The van der Waals surface area contributed by atoms with Gasteiger partial charge in [0.05, 0.1) is 6.04 Å². The zero-order valence-electron chi connectivity index (χ0n) is 16.7. The molecule has 4 heteroatoms. The van der Waals surface area contributed by atoms with E-state index >= 15 is 0 Å². The lowest BCUT2D eigenvalue weighted by Crippen LogP contribution is -2.25. The highest BCUT2D eigenvalue weighted by atomic mass is 16.4. The van der Waals surface area contributed by atoms with Crippen LogP contribution in [0.15, 0.2) is 77.2 Å². The molecule has 0 aliphatic carbocycles. The van der Waals surface area contributed by atoms with Crippen molar-refractivity contribution in [2.45, 2.75) is 33.0 Å². The van der Waals surface area contributed by atoms with Gasteiger partial charge in [0, 0.05) is 18.7 Å². The van der Waals surface area contributed by atoms with Gasteiger partial charge in [0.2, 0.25) is 11.8 Å². The van der Waals surface area contributed by atoms with Crippen LogP contribution in [-0.4, -0.2) is 15.1 Å². The summed E-state index contributed by atoms with van der Waals surface area (Å²) in [6.45, 7) is 5.89. The molecule has 0 bridgehead atoms. The molecule has 0 spiro atoms. The summed E-state index contributed by atoms with van der Waals surface area (Å²) in [7, 11) is 0. The van der Waals surface area contributed by atoms with Crippen LogP contribution in [0.25, 0.3) is 22.6 Å². The first-order valence-corrected chi connectivity index (χ1v) is 10.00. The average molecular weight is 381 g/mol. The van der Waals surface area contributed by atoms with Gasteiger partial charge in [-0.25, -0.2) is 0 Å². The second kappa shape index (κ2) is 7.30. The number of aryl methyl sites for hydroxylation is 1. The Morgan fingerprint density at radius 2 is 1.38 bits per heavy atom. The quantitative estimate of drug-likeness (QED) is 0.450. The second-order valence-electron chi connectivity index (χ2n) is 7.71. The average Bonchev–Trinajstić information content (AvgIpc) is 3.17. The first-order chi connectivity index (χ1) is 14.2. The molecule has 4 aromatic rings. The molecule has 0 saturated carbocycles. The van der Waals surface area contributed by atoms with E-state index < -0.39 is 0 Å². The van der Waals surface area contributed by atoms with Crippen molar-refractivity contribution in [2.24, 2.45) is 0 Å². The fraction of sp³-hybridized carbons (Fsp3) is 0.200. The van der Waals surface area contributed by atoms with E-state index in [0.717, 1.165) is 18.7 Å². The third kappa shape index (κ3) is 3.36. The minimum Gasteiger partial charge on any atom is -0.419 e. The second-order valence-corrected chi connectivity index (χ2v) is 7.71. The summed E-state index contributed by atoms with van der Waals surface area (Å²) < 4.78 is 6.08. The van der Waals surface area contributed by atoms with Gasteiger partial charge in [-0.3, -0.25) is 4.90 Å². The lowest BCUT2D eigenvalue weighted by Gasteiger charge is -2.25. The largest absolute Gasteiger partial charge is 0.419 e. The van der Waals surface area contributed by atoms with Gasteiger partial charge in [0.25, 0.3) is 0 Å². The molecule has 144 valence electrons. The topological polar surface area (TPSA) is 42.2 Å². The van der Waals surface area contributed by atoms with Gasteiger partial charge in [0.1, 0.15) is 0 Å². The molecule has 29 heavy (non-hydrogen) atoms. The van der Waals surface area contributed by atoms with E-state index in [4.69, 9.17) is 4.42 Å². The number of hydrogen-bond acceptors (Lipinski definition) is 4. The highest BCUT2D eigenvalue weighted by molar-refractivity contribution is 5.71. The van der Waals surface area contributed by atoms with Crippen molar-refractivity contribution in [3.05, 3.63) is 95.4 Å². The lowest BCUT2D eigenvalue weighted by atomic mass is 9.97. The summed E-state index contributed by atoms with van der Waals surface area (Å²) in [6.07, 6.45) is 0. The van der Waals surface area contributed by atoms with Gasteiger partial charge >= 0.3 is 0 Å². The van der Waals surface area contributed by atoms with Crippen molar-refractivity contribution in [1.82, 2.24) is 15.1 Å². The predicted molar refractivity (Wildman–Crippen MR) is 114 cm³/mol. The summed E-state index contributed by atoms with van der Waals surface area (Å²) in [5, 5.41) is 8.68. The Labute approximate surface area is 170 Å². The predicted octanol–water partition coefficient (Wildman–Crippen LogP) is 5.79. The van der Waals surface area contributed by atoms with Crippen LogP contribution >= 0.6 is 0 Å². The first kappa shape index (κ1) is 17.8. The Morgan fingerprint density at radius 1 is 0.793 bits per heavy atom. The number of hydrogen-bond donors (Lipinski definition) is 0. The molecule has 0 N–H and O–H groups in total. The molecule has 1 aliphatic rings. The molecule has 1 atom stereocenters. The Kier molecular flexibility index (Phi) is 4.49. The molecule has 0 saturated heterocycles. The molecule has 5 rings (SSSR count). The van der Waals surface area contributed by atoms with E-state index in [1.165, 1.54) is 27.8 Å². The van der Waals surface area contributed by atoms with Crippen LogP contribution in [0.3, 0.4) is 0 Å². The molecule has 0 fully saturated rings. The van der Waals surface area contributed by atoms with Crippen LogP contribution in [0, 0.1) is 6.92 Å². The normalized spacial score (nSPS) is 14.7. The maximum atomic E-state index is 6.08. The molecule has 1 unspecified atom stereocenters. The summed E-state index contributed by atoms with van der Waals surface area (Å²) >= 11 is 0. The number of nitrogens with zero attached hydrogens (tertiary/aromatic N) is 3. The Bertz CT molecular complexity index is 1100. The van der Waals surface area contributed by atoms with Gasteiger partial charge in [0.15, 0.2) is 0 Å². The van der Waals surface area contributed by atoms with E-state index in [1.807, 2.05) is 12.1 Å². The smallest absolute Gasteiger partial charge is 0.247 e. The minimum atomic E-state index is 0.0147. The maximum absolute atomic E-state index is 6.08. The van der Waals surface area contributed by atoms with Crippen LogP contribution in [0.2, 0.25) is 0 Å². The highest BCUT2D eigenvalue weighted by Crippen LogP contribution is 2.36. The van der Waals surface area contributed by atoms with Gasteiger partial charge < -0.3 is 4.42 Å². The molecule has 0 radical (unpaired) electrons. The lowest BCUT2D eigenvalue weighted by molar-refractivity contribution is 0.168. The van der Waals surface area contributed by atoms with Crippen molar-refractivity contribution >= 4 is 0 Å². The van der Waals surface area contributed by atoms with Gasteiger partial charge in [-0.1, -0.05) is 66.2 Å². The van der Waals surface area contributed by atoms with Crippen LogP contribution in [0.1, 0.15) is 35.5 Å². The van der Waals surface area contributed by atoms with Crippen molar-refractivity contribution in [2.75, 3.05) is 0 Å². The number of rotatable bonds is 3. The minimum absolute atomic E-state index is 0.0147. The molecule has 4 nitrogen and oxygen atoms in total. The summed E-state index contributed by atoms with van der Waals surface area (Å²) in [6, 6.07) is 25.5. The first-order valence-electron chi connectivity index (χ1n) is 10.00. The number of benzene rings is 3. The van der Waals surface area contributed by atoms with Crippen molar-refractivity contribution < 1.29 is 4.42 Å². The van der Waals surface area contributed by atoms with Crippen LogP contribution in [0.4, 0.5) is 0 Å². The van der Waals surface area contributed by atoms with Crippen molar-refractivity contribution in [3.63, 3.8) is 0 Å². The zero-order valence-corrected chi connectivity index (χ0v) is 16.7. The van der Waals surface area contributed by atoms with Crippen LogP contribution < -0.4 is 0 Å². The van der Waals surface area contributed by atoms with E-state index in [2.05, 4.69) is 89.6 Å². The molecule has 3 aromatic carbocycles. The standard InChI is InChI=1S/C25H23N3O/c1-17-11-13-19(14-12-17)25-27-26-24(29-25)18(2)28-15-20-7-3-5-9-22(20)23-10-6-4-8-21(23)16-28/h3-14,18H,15-16H2,1-2H3. The van der Waals surface area contributed by atoms with Gasteiger partial charge in [-0.2, -0.15) is 0 Å². The molecular formula is C25H23N3O. The molecule has 0 amide bonds. The number of fused-ring (bicyclic) bond motifs is 3. The summed E-state index contributed by atoms with van der Waals surface area (Å²) in [5.74, 6) is 1.22. The van der Waals surface area contributed by atoms with Crippen molar-refractivity contribution in [3.8, 4) is 22.6 Å². The monoisotopic (exact) mass is 381 g/mol. The molecule has 2 heterocycles. The molecular weight excluding hydrogens is 358 g/mol. The van der Waals surface area contributed by atoms with Gasteiger partial charge in [-0.05, 0) is 48.2 Å². The summed E-state index contributed by atoms with van der Waals surface area (Å²) in [5.41, 5.74) is 7.43. The Hall–Kier alpha value is -3.24. The molecule has 1 aliphatic heterocycles. The van der Waals surface area contributed by atoms with Crippen LogP contribution in [0.5, 0.6) is 0 Å². The molecule has 1 aromatic heterocycles. The third-order valence-corrected chi connectivity index (χ3v) is 5.72. The fourth-order valence-corrected chi connectivity index (χ4v) is 3.98. The van der Waals surface area contributed by atoms with Crippen LogP contribution in [-0.2, 0) is 13.1 Å².